The Hall–Kier alpha value is -2.03. The van der Waals surface area contributed by atoms with Crippen LogP contribution >= 0.6 is 0 Å². The van der Waals surface area contributed by atoms with E-state index in [1.165, 1.54) is 0 Å². The number of carbonyl (C=O) groups excluding carboxylic acids is 3. The third-order valence-electron chi connectivity index (χ3n) is 1.72. The van der Waals surface area contributed by atoms with Gasteiger partial charge in [0.25, 0.3) is 0 Å². The molecule has 1 aliphatic rings. The third kappa shape index (κ3) is 3.31. The van der Waals surface area contributed by atoms with E-state index in [0.29, 0.717) is 0 Å². The lowest BCUT2D eigenvalue weighted by Crippen LogP contribution is -2.29. The van der Waals surface area contributed by atoms with Gasteiger partial charge in [-0.2, -0.15) is 0 Å². The van der Waals surface area contributed by atoms with E-state index in [1.54, 1.807) is 0 Å². The Labute approximate surface area is 85.9 Å². The molecule has 1 unspecified atom stereocenters. The molecule has 0 saturated carbocycles. The Morgan fingerprint density at radius 2 is 2.33 bits per heavy atom. The van der Waals surface area contributed by atoms with Crippen molar-refractivity contribution in [3.8, 4) is 12.3 Å². The molecule has 0 radical (unpaired) electrons. The van der Waals surface area contributed by atoms with Crippen LogP contribution in [0.3, 0.4) is 0 Å². The summed E-state index contributed by atoms with van der Waals surface area (Å²) in [7, 11) is 0. The number of hydrogen-bond donors (Lipinski definition) is 1. The maximum atomic E-state index is 11.0. The molecular weight excluding hydrogens is 202 g/mol. The molecule has 1 aliphatic heterocycles. The molecule has 0 aliphatic carbocycles. The normalized spacial score (nSPS) is 19.0. The summed E-state index contributed by atoms with van der Waals surface area (Å²) in [4.78, 5) is 32.5. The van der Waals surface area contributed by atoms with E-state index >= 15 is 0 Å². The van der Waals surface area contributed by atoms with Gasteiger partial charge in [0, 0.05) is 6.42 Å². The van der Waals surface area contributed by atoms with Crippen LogP contribution in [0.2, 0.25) is 0 Å². The molecule has 15 heavy (non-hydrogen) atoms. The van der Waals surface area contributed by atoms with Gasteiger partial charge in [0.2, 0.25) is 0 Å². The Kier molecular flexibility index (Phi) is 3.68. The van der Waals surface area contributed by atoms with Crippen molar-refractivity contribution in [2.45, 2.75) is 18.9 Å². The number of terminal acetylenes is 1. The number of hydrogen-bond acceptors (Lipinski definition) is 5. The fourth-order valence-corrected chi connectivity index (χ4v) is 1.04. The smallest absolute Gasteiger partial charge is 0.415 e. The maximum absolute atomic E-state index is 11.0. The summed E-state index contributed by atoms with van der Waals surface area (Å²) < 4.78 is 8.79. The summed E-state index contributed by atoms with van der Waals surface area (Å²) in [6, 6.07) is -0.768. The highest BCUT2D eigenvalue weighted by molar-refractivity contribution is 5.95. The van der Waals surface area contributed by atoms with Gasteiger partial charge in [-0.15, -0.1) is 6.42 Å². The highest BCUT2D eigenvalue weighted by atomic mass is 16.6. The molecule has 0 bridgehead atoms. The molecule has 0 aromatic carbocycles. The van der Waals surface area contributed by atoms with Crippen molar-refractivity contribution in [1.29, 1.82) is 0 Å². The Bertz CT molecular complexity index is 330. The number of nitrogens with one attached hydrogen (secondary N) is 1. The van der Waals surface area contributed by atoms with Crippen molar-refractivity contribution in [1.82, 2.24) is 5.32 Å². The number of rotatable bonds is 4. The molecule has 1 N–H and O–H groups in total. The van der Waals surface area contributed by atoms with Crippen molar-refractivity contribution >= 4 is 18.0 Å². The summed E-state index contributed by atoms with van der Waals surface area (Å²) in [6.45, 7) is -0.0969. The molecule has 1 rings (SSSR count). The highest BCUT2D eigenvalue weighted by Gasteiger charge is 2.32. The van der Waals surface area contributed by atoms with E-state index in [2.05, 4.69) is 20.7 Å². The predicted octanol–water partition coefficient (Wildman–Crippen LogP) is -0.422. The zero-order valence-corrected chi connectivity index (χ0v) is 7.82. The minimum absolute atomic E-state index is 0.00171. The fraction of sp³-hybridized carbons (Fsp3) is 0.444. The van der Waals surface area contributed by atoms with Gasteiger partial charge in [0.15, 0.2) is 6.61 Å². The van der Waals surface area contributed by atoms with Gasteiger partial charge in [-0.1, -0.05) is 5.92 Å². The molecular formula is C9H9NO5. The van der Waals surface area contributed by atoms with Gasteiger partial charge >= 0.3 is 18.0 Å². The summed E-state index contributed by atoms with van der Waals surface area (Å²) >= 11 is 0. The number of cyclic esters (lactones) is 2. The van der Waals surface area contributed by atoms with E-state index < -0.39 is 24.1 Å². The second-order valence-corrected chi connectivity index (χ2v) is 2.81. The van der Waals surface area contributed by atoms with E-state index in [1.807, 2.05) is 0 Å². The van der Waals surface area contributed by atoms with Crippen molar-refractivity contribution < 1.29 is 23.9 Å². The first-order valence-corrected chi connectivity index (χ1v) is 4.24. The number of alkyl carbamates (subject to hydrolysis) is 1. The number of carbonyl (C=O) groups is 3. The minimum Gasteiger partial charge on any atom is -0.452 e. The standard InChI is InChI=1S/C9H9NO5/c1-2-5-14-7(11)4-3-6-8(12)15-9(13)10-6/h1,6H,3-5H2,(H,10,13). The van der Waals surface area contributed by atoms with Crippen LogP contribution in [0.1, 0.15) is 12.8 Å². The Balaban J connectivity index is 2.26. The second kappa shape index (κ2) is 5.00. The van der Waals surface area contributed by atoms with E-state index in [-0.39, 0.29) is 19.4 Å². The first kappa shape index (κ1) is 11.0. The van der Waals surface area contributed by atoms with Crippen molar-refractivity contribution in [2.75, 3.05) is 6.61 Å². The Morgan fingerprint density at radius 3 is 2.87 bits per heavy atom. The van der Waals surface area contributed by atoms with E-state index in [0.717, 1.165) is 0 Å². The summed E-state index contributed by atoms with van der Waals surface area (Å²) in [6.07, 6.45) is 4.24. The number of esters is 2. The van der Waals surface area contributed by atoms with E-state index in [9.17, 15) is 14.4 Å². The van der Waals surface area contributed by atoms with Gasteiger partial charge < -0.3 is 14.8 Å². The van der Waals surface area contributed by atoms with Crippen molar-refractivity contribution in [3.63, 3.8) is 0 Å². The van der Waals surface area contributed by atoms with Crippen LogP contribution in [0, 0.1) is 12.3 Å². The molecule has 1 heterocycles. The molecule has 0 aromatic rings. The summed E-state index contributed by atoms with van der Waals surface area (Å²) in [5, 5.41) is 2.26. The van der Waals surface area contributed by atoms with Gasteiger partial charge in [-0.05, 0) is 6.42 Å². The van der Waals surface area contributed by atoms with Crippen LogP contribution in [0.4, 0.5) is 4.79 Å². The molecule has 6 heteroatoms. The van der Waals surface area contributed by atoms with Crippen LogP contribution in [0.25, 0.3) is 0 Å². The van der Waals surface area contributed by atoms with Gasteiger partial charge in [0.1, 0.15) is 6.04 Å². The van der Waals surface area contributed by atoms with Crippen LogP contribution in [-0.4, -0.2) is 30.7 Å². The average Bonchev–Trinajstić information content (AvgIpc) is 2.51. The Morgan fingerprint density at radius 1 is 1.60 bits per heavy atom. The molecule has 1 saturated heterocycles. The van der Waals surface area contributed by atoms with E-state index in [4.69, 9.17) is 6.42 Å². The van der Waals surface area contributed by atoms with Crippen LogP contribution in [0.15, 0.2) is 0 Å². The second-order valence-electron chi connectivity index (χ2n) is 2.81. The van der Waals surface area contributed by atoms with Crippen LogP contribution in [0.5, 0.6) is 0 Å². The third-order valence-corrected chi connectivity index (χ3v) is 1.72. The molecule has 0 aromatic heterocycles. The molecule has 80 valence electrons. The summed E-state index contributed by atoms with van der Waals surface area (Å²) in [5.74, 6) is 0.950. The molecule has 6 nitrogen and oxygen atoms in total. The maximum Gasteiger partial charge on any atom is 0.415 e. The predicted molar refractivity (Wildman–Crippen MR) is 47.4 cm³/mol. The SMILES string of the molecule is C#CCOC(=O)CCC1NC(=O)OC1=O. The molecule has 1 amide bonds. The fourth-order valence-electron chi connectivity index (χ4n) is 1.04. The topological polar surface area (TPSA) is 81.7 Å². The van der Waals surface area contributed by atoms with Crippen molar-refractivity contribution in [3.05, 3.63) is 0 Å². The molecule has 0 spiro atoms. The lowest BCUT2D eigenvalue weighted by atomic mass is 10.2. The number of ether oxygens (including phenoxy) is 2. The van der Waals surface area contributed by atoms with Gasteiger partial charge in [-0.3, -0.25) is 4.79 Å². The zero-order valence-electron chi connectivity index (χ0n) is 7.82. The minimum atomic E-state index is -0.790. The number of amides is 1. The lowest BCUT2D eigenvalue weighted by Gasteiger charge is -2.04. The quantitative estimate of drug-likeness (QED) is 0.388. The molecule has 1 atom stereocenters. The largest absolute Gasteiger partial charge is 0.452 e. The monoisotopic (exact) mass is 211 g/mol. The average molecular weight is 211 g/mol. The van der Waals surface area contributed by atoms with Gasteiger partial charge in [0.05, 0.1) is 0 Å². The summed E-state index contributed by atoms with van der Waals surface area (Å²) in [5.41, 5.74) is 0. The van der Waals surface area contributed by atoms with Crippen molar-refractivity contribution in [2.24, 2.45) is 0 Å². The van der Waals surface area contributed by atoms with Crippen LogP contribution in [-0.2, 0) is 19.1 Å². The zero-order chi connectivity index (χ0) is 11.3. The first-order valence-electron chi connectivity index (χ1n) is 4.24. The highest BCUT2D eigenvalue weighted by Crippen LogP contribution is 2.07. The van der Waals surface area contributed by atoms with Crippen LogP contribution < -0.4 is 5.32 Å². The lowest BCUT2D eigenvalue weighted by molar-refractivity contribution is -0.142. The molecule has 1 fully saturated rings. The first-order chi connectivity index (χ1) is 7.13. The van der Waals surface area contributed by atoms with Gasteiger partial charge in [-0.25, -0.2) is 9.59 Å².